The van der Waals surface area contributed by atoms with Gasteiger partial charge in [-0.2, -0.15) is 4.72 Å². The van der Waals surface area contributed by atoms with Crippen LogP contribution in [-0.4, -0.2) is 65.0 Å². The number of rotatable bonds is 11. The van der Waals surface area contributed by atoms with Crippen LogP contribution in [0.25, 0.3) is 0 Å². The molecule has 0 saturated heterocycles. The van der Waals surface area contributed by atoms with Crippen molar-refractivity contribution in [3.05, 3.63) is 44.3 Å². The number of thiophene rings is 1. The number of nitro benzene ring substituents is 1. The first-order valence-corrected chi connectivity index (χ1v) is 13.5. The molecule has 1 heterocycles. The van der Waals surface area contributed by atoms with E-state index in [9.17, 15) is 32.9 Å². The molecule has 200 valence electrons. The van der Waals surface area contributed by atoms with Crippen molar-refractivity contribution in [2.75, 3.05) is 44.1 Å². The van der Waals surface area contributed by atoms with Crippen LogP contribution in [0.1, 0.15) is 34.1 Å². The number of amides is 1. The van der Waals surface area contributed by atoms with E-state index in [0.717, 1.165) is 29.3 Å². The molecule has 0 bridgehead atoms. The van der Waals surface area contributed by atoms with Crippen LogP contribution in [0, 0.1) is 10.1 Å². The minimum atomic E-state index is -4.28. The Balaban J connectivity index is 1.58. The number of ether oxygens (including phenoxy) is 2. The third-order valence-electron chi connectivity index (χ3n) is 5.36. The largest absolute Gasteiger partial charge is 0.462 e. The average Bonchev–Trinajstić information content (AvgIpc) is 3.42. The number of nitrogens with one attached hydrogen (secondary N) is 2. The molecule has 13 nitrogen and oxygen atoms in total. The molecule has 0 unspecified atom stereocenters. The van der Waals surface area contributed by atoms with Gasteiger partial charge in [-0.1, -0.05) is 0 Å². The van der Waals surface area contributed by atoms with Crippen molar-refractivity contribution in [1.82, 2.24) is 4.72 Å². The molecule has 2 N–H and O–H groups in total. The van der Waals surface area contributed by atoms with Crippen molar-refractivity contribution in [3.8, 4) is 0 Å². The molecule has 1 amide bonds. The maximum absolute atomic E-state index is 12.5. The van der Waals surface area contributed by atoms with Crippen LogP contribution in [0.15, 0.2) is 23.1 Å². The van der Waals surface area contributed by atoms with E-state index >= 15 is 0 Å². The lowest BCUT2D eigenvalue weighted by Crippen LogP contribution is -2.32. The van der Waals surface area contributed by atoms with Gasteiger partial charge in [-0.3, -0.25) is 19.7 Å². The number of sulfonamides is 1. The van der Waals surface area contributed by atoms with E-state index in [1.165, 1.54) is 28.4 Å². The molecule has 1 aliphatic carbocycles. The van der Waals surface area contributed by atoms with Gasteiger partial charge in [-0.15, -0.1) is 11.3 Å². The second-order valence-electron chi connectivity index (χ2n) is 8.12. The monoisotopic (exact) mass is 554 g/mol. The summed E-state index contributed by atoms with van der Waals surface area (Å²) in [5.74, 6) is -2.29. The van der Waals surface area contributed by atoms with Crippen molar-refractivity contribution in [1.29, 1.82) is 0 Å². The third-order valence-corrected chi connectivity index (χ3v) is 7.97. The fourth-order valence-electron chi connectivity index (χ4n) is 3.70. The van der Waals surface area contributed by atoms with Crippen molar-refractivity contribution in [3.63, 3.8) is 0 Å². The summed E-state index contributed by atoms with van der Waals surface area (Å²) in [7, 11) is -1.14. The van der Waals surface area contributed by atoms with Gasteiger partial charge in [0.15, 0.2) is 6.61 Å². The number of carbonyl (C=O) groups is 3. The predicted molar refractivity (Wildman–Crippen MR) is 135 cm³/mol. The molecule has 0 saturated carbocycles. The SMILES string of the molecule is CCOC(=O)c1c(NC(=O)COC(=O)CNS(=O)(=O)c2ccc(N(C)C)c([N+](=O)[O-])c2)sc2c1CCC2. The van der Waals surface area contributed by atoms with E-state index < -0.39 is 56.5 Å². The molecule has 0 radical (unpaired) electrons. The van der Waals surface area contributed by atoms with Gasteiger partial charge in [-0.25, -0.2) is 13.2 Å². The summed E-state index contributed by atoms with van der Waals surface area (Å²) in [5, 5.41) is 14.2. The number of benzene rings is 1. The molecular weight excluding hydrogens is 528 g/mol. The van der Waals surface area contributed by atoms with Gasteiger partial charge < -0.3 is 19.7 Å². The normalized spacial score (nSPS) is 12.5. The van der Waals surface area contributed by atoms with Gasteiger partial charge in [0.05, 0.1) is 22.0 Å². The van der Waals surface area contributed by atoms with Crippen LogP contribution in [0.4, 0.5) is 16.4 Å². The number of nitro groups is 1. The summed E-state index contributed by atoms with van der Waals surface area (Å²) in [5.41, 5.74) is 0.940. The summed E-state index contributed by atoms with van der Waals surface area (Å²) in [6, 6.07) is 3.33. The first-order chi connectivity index (χ1) is 17.4. The summed E-state index contributed by atoms with van der Waals surface area (Å²) in [6.07, 6.45) is 2.40. The third kappa shape index (κ3) is 6.61. The number of fused-ring (bicyclic) bond motifs is 1. The minimum absolute atomic E-state index is 0.178. The van der Waals surface area contributed by atoms with Crippen LogP contribution in [0.2, 0.25) is 0 Å². The van der Waals surface area contributed by atoms with Crippen LogP contribution in [0.3, 0.4) is 0 Å². The lowest BCUT2D eigenvalue weighted by molar-refractivity contribution is -0.384. The van der Waals surface area contributed by atoms with Crippen LogP contribution >= 0.6 is 11.3 Å². The van der Waals surface area contributed by atoms with E-state index in [1.807, 2.05) is 4.72 Å². The zero-order valence-electron chi connectivity index (χ0n) is 20.4. The molecule has 0 spiro atoms. The first-order valence-electron chi connectivity index (χ1n) is 11.2. The zero-order chi connectivity index (χ0) is 27.3. The Morgan fingerprint density at radius 3 is 2.57 bits per heavy atom. The molecular formula is C22H26N4O9S2. The quantitative estimate of drug-likeness (QED) is 0.237. The number of carbonyl (C=O) groups excluding carboxylic acids is 3. The Morgan fingerprint density at radius 2 is 1.92 bits per heavy atom. The number of aryl methyl sites for hydroxylation is 1. The highest BCUT2D eigenvalue weighted by Gasteiger charge is 2.28. The maximum Gasteiger partial charge on any atom is 0.341 e. The van der Waals surface area contributed by atoms with Crippen molar-refractivity contribution in [2.24, 2.45) is 0 Å². The summed E-state index contributed by atoms with van der Waals surface area (Å²) in [6.45, 7) is 0.336. The Kier molecular flexibility index (Phi) is 8.83. The Bertz CT molecular complexity index is 1340. The molecule has 0 fully saturated rings. The number of nitrogens with zero attached hydrogens (tertiary/aromatic N) is 2. The van der Waals surface area contributed by atoms with Crippen LogP contribution in [0.5, 0.6) is 0 Å². The highest BCUT2D eigenvalue weighted by Crippen LogP contribution is 2.39. The molecule has 1 aromatic carbocycles. The molecule has 2 aromatic rings. The van der Waals surface area contributed by atoms with Gasteiger partial charge >= 0.3 is 11.9 Å². The van der Waals surface area contributed by atoms with E-state index in [-0.39, 0.29) is 12.3 Å². The average molecular weight is 555 g/mol. The fraction of sp³-hybridized carbons (Fsp3) is 0.409. The van der Waals surface area contributed by atoms with Crippen molar-refractivity contribution < 1.29 is 37.2 Å². The summed E-state index contributed by atoms with van der Waals surface area (Å²) >= 11 is 1.27. The molecule has 15 heteroatoms. The predicted octanol–water partition coefficient (Wildman–Crippen LogP) is 1.85. The van der Waals surface area contributed by atoms with E-state index in [1.54, 1.807) is 21.0 Å². The van der Waals surface area contributed by atoms with E-state index in [0.29, 0.717) is 17.0 Å². The highest BCUT2D eigenvalue weighted by molar-refractivity contribution is 7.89. The Morgan fingerprint density at radius 1 is 1.19 bits per heavy atom. The Hall–Kier alpha value is -3.56. The molecule has 3 rings (SSSR count). The standard InChI is InChI=1S/C22H26N4O9S2/c1-4-34-22(29)20-14-6-5-7-17(14)36-21(20)24-18(27)12-35-19(28)11-23-37(32,33)13-8-9-15(25(2)3)16(10-13)26(30)31/h8-10,23H,4-7,11-12H2,1-3H3,(H,24,27). The van der Waals surface area contributed by atoms with Crippen LogP contribution in [-0.2, 0) is 41.9 Å². The van der Waals surface area contributed by atoms with Crippen molar-refractivity contribution >= 4 is 55.6 Å². The van der Waals surface area contributed by atoms with E-state index in [4.69, 9.17) is 9.47 Å². The molecule has 37 heavy (non-hydrogen) atoms. The number of anilines is 2. The number of hydrogen-bond donors (Lipinski definition) is 2. The smallest absolute Gasteiger partial charge is 0.341 e. The second kappa shape index (κ2) is 11.7. The topological polar surface area (TPSA) is 174 Å². The van der Waals surface area contributed by atoms with Gasteiger partial charge in [0.1, 0.15) is 17.2 Å². The van der Waals surface area contributed by atoms with Gasteiger partial charge in [0.25, 0.3) is 11.6 Å². The van der Waals surface area contributed by atoms with Gasteiger partial charge in [-0.05, 0) is 43.9 Å². The molecule has 0 atom stereocenters. The molecule has 1 aliphatic rings. The first kappa shape index (κ1) is 28.0. The lowest BCUT2D eigenvalue weighted by Gasteiger charge is -2.14. The van der Waals surface area contributed by atoms with Gasteiger partial charge in [0, 0.05) is 25.0 Å². The summed E-state index contributed by atoms with van der Waals surface area (Å²) in [4.78, 5) is 49.4. The minimum Gasteiger partial charge on any atom is -0.462 e. The Labute approximate surface area is 216 Å². The maximum atomic E-state index is 12.5. The fourth-order valence-corrected chi connectivity index (χ4v) is 5.99. The van der Waals surface area contributed by atoms with Gasteiger partial charge in [0.2, 0.25) is 10.0 Å². The zero-order valence-corrected chi connectivity index (χ0v) is 22.0. The summed E-state index contributed by atoms with van der Waals surface area (Å²) < 4.78 is 37.0. The lowest BCUT2D eigenvalue weighted by atomic mass is 10.1. The van der Waals surface area contributed by atoms with Crippen molar-refractivity contribution in [2.45, 2.75) is 31.1 Å². The second-order valence-corrected chi connectivity index (χ2v) is 11.0. The van der Waals surface area contributed by atoms with Crippen LogP contribution < -0.4 is 14.9 Å². The molecule has 1 aromatic heterocycles. The molecule has 0 aliphatic heterocycles. The van der Waals surface area contributed by atoms with E-state index in [2.05, 4.69) is 5.32 Å². The number of esters is 2. The number of hydrogen-bond acceptors (Lipinski definition) is 11. The highest BCUT2D eigenvalue weighted by atomic mass is 32.2.